The number of nitrogens with one attached hydrogen (secondary N) is 1. The number of benzene rings is 1. The Hall–Kier alpha value is -2.36. The molecule has 11 heteroatoms. The van der Waals surface area contributed by atoms with Gasteiger partial charge in [-0.15, -0.1) is 0 Å². The lowest BCUT2D eigenvalue weighted by Gasteiger charge is -2.09. The molecule has 1 atom stereocenters. The number of ether oxygens (including phenoxy) is 1. The summed E-state index contributed by atoms with van der Waals surface area (Å²) in [7, 11) is -3.09. The molecule has 0 saturated carbocycles. The van der Waals surface area contributed by atoms with E-state index in [4.69, 9.17) is 27.9 Å². The van der Waals surface area contributed by atoms with Gasteiger partial charge in [0, 0.05) is 23.2 Å². The van der Waals surface area contributed by atoms with Gasteiger partial charge < -0.3 is 10.1 Å². The van der Waals surface area contributed by atoms with Crippen LogP contribution >= 0.6 is 23.2 Å². The van der Waals surface area contributed by atoms with E-state index in [0.29, 0.717) is 22.7 Å². The fourth-order valence-electron chi connectivity index (χ4n) is 3.15. The predicted octanol–water partition coefficient (Wildman–Crippen LogP) is 2.73. The first kappa shape index (κ1) is 23.3. The quantitative estimate of drug-likeness (QED) is 0.477. The van der Waals surface area contributed by atoms with E-state index < -0.39 is 28.3 Å². The third kappa shape index (κ3) is 6.09. The lowest BCUT2D eigenvalue weighted by atomic mass is 10.2. The van der Waals surface area contributed by atoms with E-state index in [9.17, 15) is 18.0 Å². The van der Waals surface area contributed by atoms with Gasteiger partial charge in [0.25, 0.3) is 5.91 Å². The normalized spacial score (nSPS) is 17.7. The first-order chi connectivity index (χ1) is 14.7. The molecule has 31 heavy (non-hydrogen) atoms. The Bertz CT molecular complexity index is 1130. The molecule has 0 radical (unpaired) electrons. The third-order valence-electron chi connectivity index (χ3n) is 4.79. The number of rotatable bonds is 7. The van der Waals surface area contributed by atoms with Gasteiger partial charge in [0.1, 0.15) is 5.15 Å². The molecular formula is C20H21Cl2N3O5S. The Morgan fingerprint density at radius 3 is 2.74 bits per heavy atom. The number of carbonyl (C=O) groups is 2. The summed E-state index contributed by atoms with van der Waals surface area (Å²) in [6.07, 6.45) is 3.03. The first-order valence-corrected chi connectivity index (χ1v) is 12.0. The van der Waals surface area contributed by atoms with Crippen LogP contribution in [-0.2, 0) is 30.7 Å². The number of aryl methyl sites for hydroxylation is 1. The molecule has 0 aliphatic carbocycles. The summed E-state index contributed by atoms with van der Waals surface area (Å²) in [5.74, 6) is -1.10. The second-order valence-corrected chi connectivity index (χ2v) is 10.1. The first-order valence-electron chi connectivity index (χ1n) is 9.46. The molecule has 2 heterocycles. The lowest BCUT2D eigenvalue weighted by Crippen LogP contribution is -2.28. The second-order valence-electron chi connectivity index (χ2n) is 7.10. The van der Waals surface area contributed by atoms with Crippen LogP contribution in [0.25, 0.3) is 6.08 Å². The van der Waals surface area contributed by atoms with Gasteiger partial charge >= 0.3 is 5.97 Å². The third-order valence-corrected chi connectivity index (χ3v) is 7.29. The Morgan fingerprint density at radius 2 is 2.06 bits per heavy atom. The van der Waals surface area contributed by atoms with Gasteiger partial charge in [-0.05, 0) is 31.1 Å². The SMILES string of the molecule is Cc1nn([C@@H]2CCS(=O)(=O)C2)c(Cl)c1/C=C/C(=O)OCC(=O)NCc1ccccc1Cl. The zero-order valence-corrected chi connectivity index (χ0v) is 19.0. The minimum atomic E-state index is -3.09. The summed E-state index contributed by atoms with van der Waals surface area (Å²) in [6, 6.07) is 6.76. The van der Waals surface area contributed by atoms with Gasteiger partial charge in [-0.2, -0.15) is 5.10 Å². The highest BCUT2D eigenvalue weighted by molar-refractivity contribution is 7.91. The molecule has 1 aliphatic rings. The van der Waals surface area contributed by atoms with Gasteiger partial charge in [-0.1, -0.05) is 41.4 Å². The predicted molar refractivity (Wildman–Crippen MR) is 118 cm³/mol. The minimum Gasteiger partial charge on any atom is -0.452 e. The largest absolute Gasteiger partial charge is 0.452 e. The van der Waals surface area contributed by atoms with Gasteiger partial charge in [0.15, 0.2) is 16.4 Å². The van der Waals surface area contributed by atoms with E-state index in [1.165, 1.54) is 10.8 Å². The van der Waals surface area contributed by atoms with Crippen molar-refractivity contribution < 1.29 is 22.7 Å². The van der Waals surface area contributed by atoms with E-state index in [1.54, 1.807) is 31.2 Å². The molecule has 1 amide bonds. The number of hydrogen-bond donors (Lipinski definition) is 1. The van der Waals surface area contributed by atoms with Crippen LogP contribution in [0, 0.1) is 6.92 Å². The fraction of sp³-hybridized carbons (Fsp3) is 0.350. The molecule has 8 nitrogen and oxygen atoms in total. The monoisotopic (exact) mass is 485 g/mol. The van der Waals surface area contributed by atoms with E-state index in [-0.39, 0.29) is 29.2 Å². The summed E-state index contributed by atoms with van der Waals surface area (Å²) < 4.78 is 29.8. The van der Waals surface area contributed by atoms with E-state index in [1.807, 2.05) is 0 Å². The molecule has 1 fully saturated rings. The average Bonchev–Trinajstić information content (AvgIpc) is 3.22. The van der Waals surface area contributed by atoms with Crippen molar-refractivity contribution in [1.29, 1.82) is 0 Å². The van der Waals surface area contributed by atoms with Crippen molar-refractivity contribution >= 4 is 51.0 Å². The molecule has 3 rings (SSSR count). The maximum atomic E-state index is 12.0. The van der Waals surface area contributed by atoms with E-state index in [2.05, 4.69) is 10.4 Å². The van der Waals surface area contributed by atoms with Gasteiger partial charge in [-0.3, -0.25) is 4.79 Å². The van der Waals surface area contributed by atoms with Crippen LogP contribution in [0.1, 0.15) is 29.3 Å². The Kier molecular flexibility index (Phi) is 7.40. The van der Waals surface area contributed by atoms with Crippen molar-refractivity contribution in [2.75, 3.05) is 18.1 Å². The molecule has 1 aromatic heterocycles. The van der Waals surface area contributed by atoms with Crippen LogP contribution < -0.4 is 5.32 Å². The van der Waals surface area contributed by atoms with Gasteiger partial charge in [0.05, 0.1) is 23.2 Å². The summed E-state index contributed by atoms with van der Waals surface area (Å²) in [5.41, 5.74) is 1.79. The van der Waals surface area contributed by atoms with Crippen LogP contribution in [0.5, 0.6) is 0 Å². The molecule has 166 valence electrons. The Labute approximate surface area is 190 Å². The molecule has 0 bridgehead atoms. The topological polar surface area (TPSA) is 107 Å². The summed E-state index contributed by atoms with van der Waals surface area (Å²) in [4.78, 5) is 23.8. The maximum Gasteiger partial charge on any atom is 0.331 e. The number of halogens is 2. The number of esters is 1. The number of amides is 1. The molecule has 1 aliphatic heterocycles. The number of carbonyl (C=O) groups excluding carboxylic acids is 2. The van der Waals surface area contributed by atoms with Crippen molar-refractivity contribution in [3.8, 4) is 0 Å². The lowest BCUT2D eigenvalue weighted by molar-refractivity contribution is -0.143. The molecule has 0 spiro atoms. The summed E-state index contributed by atoms with van der Waals surface area (Å²) >= 11 is 12.4. The minimum absolute atomic E-state index is 0.0116. The van der Waals surface area contributed by atoms with E-state index in [0.717, 1.165) is 11.6 Å². The highest BCUT2D eigenvalue weighted by Crippen LogP contribution is 2.30. The highest BCUT2D eigenvalue weighted by atomic mass is 35.5. The zero-order valence-electron chi connectivity index (χ0n) is 16.7. The maximum absolute atomic E-state index is 12.0. The second kappa shape index (κ2) is 9.84. The number of sulfone groups is 1. The van der Waals surface area contributed by atoms with Crippen molar-refractivity contribution in [1.82, 2.24) is 15.1 Å². The molecule has 0 unspecified atom stereocenters. The number of aromatic nitrogens is 2. The van der Waals surface area contributed by atoms with Crippen molar-refractivity contribution in [2.24, 2.45) is 0 Å². The smallest absolute Gasteiger partial charge is 0.331 e. The molecule has 1 aromatic carbocycles. The highest BCUT2D eigenvalue weighted by Gasteiger charge is 2.31. The Morgan fingerprint density at radius 1 is 1.32 bits per heavy atom. The molecular weight excluding hydrogens is 465 g/mol. The van der Waals surface area contributed by atoms with Gasteiger partial charge in [-0.25, -0.2) is 17.9 Å². The molecule has 1 N–H and O–H groups in total. The standard InChI is InChI=1S/C20H21Cl2N3O5S/c1-13-16(20(22)25(24-13)15-8-9-31(28,29)12-15)6-7-19(27)30-11-18(26)23-10-14-4-2-3-5-17(14)21/h2-7,15H,8-12H2,1H3,(H,23,26)/b7-6+/t15-/m1/s1. The Balaban J connectivity index is 1.53. The van der Waals surface area contributed by atoms with Crippen molar-refractivity contribution in [2.45, 2.75) is 25.9 Å². The van der Waals surface area contributed by atoms with Crippen LogP contribution in [0.15, 0.2) is 30.3 Å². The van der Waals surface area contributed by atoms with Gasteiger partial charge in [0.2, 0.25) is 0 Å². The summed E-state index contributed by atoms with van der Waals surface area (Å²) in [5, 5.41) is 7.72. The fourth-order valence-corrected chi connectivity index (χ4v) is 5.42. The van der Waals surface area contributed by atoms with Crippen LogP contribution in [0.4, 0.5) is 0 Å². The number of hydrogen-bond acceptors (Lipinski definition) is 6. The molecule has 1 saturated heterocycles. The van der Waals surface area contributed by atoms with Crippen molar-refractivity contribution in [3.05, 3.63) is 57.3 Å². The molecule has 2 aromatic rings. The van der Waals surface area contributed by atoms with Crippen LogP contribution in [-0.4, -0.2) is 48.2 Å². The number of nitrogens with zero attached hydrogens (tertiary/aromatic N) is 2. The van der Waals surface area contributed by atoms with E-state index >= 15 is 0 Å². The van der Waals surface area contributed by atoms with Crippen LogP contribution in [0.2, 0.25) is 10.2 Å². The average molecular weight is 486 g/mol. The zero-order chi connectivity index (χ0) is 22.6. The van der Waals surface area contributed by atoms with Crippen LogP contribution in [0.3, 0.4) is 0 Å². The van der Waals surface area contributed by atoms with Crippen molar-refractivity contribution in [3.63, 3.8) is 0 Å². The summed E-state index contributed by atoms with van der Waals surface area (Å²) in [6.45, 7) is 1.48.